The van der Waals surface area contributed by atoms with Crippen LogP contribution >= 0.6 is 39.1 Å². The van der Waals surface area contributed by atoms with E-state index in [1.165, 1.54) is 18.2 Å². The third-order valence-corrected chi connectivity index (χ3v) is 5.38. The summed E-state index contributed by atoms with van der Waals surface area (Å²) in [7, 11) is 0. The summed E-state index contributed by atoms with van der Waals surface area (Å²) in [6.45, 7) is 0.00445. The first-order valence-electron chi connectivity index (χ1n) is 8.98. The summed E-state index contributed by atoms with van der Waals surface area (Å²) in [5.41, 5.74) is -1.70. The topological polar surface area (TPSA) is 33.6 Å². The van der Waals surface area contributed by atoms with Crippen molar-refractivity contribution in [3.05, 3.63) is 90.9 Å². The minimum absolute atomic E-state index is 0.00445. The fourth-order valence-corrected chi connectivity index (χ4v) is 3.53. The van der Waals surface area contributed by atoms with Crippen LogP contribution in [0.1, 0.15) is 16.7 Å². The molecular formula is C21H10BrCl2F7N2O. The van der Waals surface area contributed by atoms with Crippen LogP contribution in [0.25, 0.3) is 0 Å². The van der Waals surface area contributed by atoms with Crippen molar-refractivity contribution >= 4 is 51.0 Å². The Balaban J connectivity index is 1.86. The van der Waals surface area contributed by atoms with Gasteiger partial charge in [0, 0.05) is 25.6 Å². The van der Waals surface area contributed by atoms with Crippen molar-refractivity contribution in [1.82, 2.24) is 0 Å². The van der Waals surface area contributed by atoms with Gasteiger partial charge in [-0.2, -0.15) is 18.3 Å². The Morgan fingerprint density at radius 1 is 0.941 bits per heavy atom. The number of alkyl halides is 3. The number of nitrogens with zero attached hydrogens (tertiary/aromatic N) is 1. The van der Waals surface area contributed by atoms with Gasteiger partial charge in [0.25, 0.3) is 0 Å². The first-order valence-corrected chi connectivity index (χ1v) is 10.5. The minimum atomic E-state index is -5.65. The predicted molar refractivity (Wildman–Crippen MR) is 117 cm³/mol. The van der Waals surface area contributed by atoms with Gasteiger partial charge in [-0.3, -0.25) is 5.43 Å². The Morgan fingerprint density at radius 2 is 1.59 bits per heavy atom. The van der Waals surface area contributed by atoms with Crippen molar-refractivity contribution in [3.8, 4) is 5.75 Å². The summed E-state index contributed by atoms with van der Waals surface area (Å²) in [4.78, 5) is 0. The molecule has 0 saturated heterocycles. The molecule has 3 aromatic carbocycles. The standard InChI is InChI=1S/C21H10BrCl2F7N2O/c22-11-2-4-14(34-8-9-1-3-12(23)6-13(9)24)10(5-11)7-32-33-20-18(27)16(25)15(21(29,30)31)17(26)19(20)28/h1-7,33H,8H2/b32-7-. The number of ether oxygens (including phenoxy) is 1. The van der Waals surface area contributed by atoms with Crippen molar-refractivity contribution in [3.63, 3.8) is 0 Å². The molecule has 34 heavy (non-hydrogen) atoms. The Hall–Kier alpha value is -2.50. The van der Waals surface area contributed by atoms with Gasteiger partial charge in [-0.15, -0.1) is 0 Å². The van der Waals surface area contributed by atoms with Gasteiger partial charge < -0.3 is 4.74 Å². The zero-order valence-corrected chi connectivity index (χ0v) is 19.5. The largest absolute Gasteiger partial charge is 0.488 e. The fraction of sp³-hybridized carbons (Fsp3) is 0.0952. The van der Waals surface area contributed by atoms with Gasteiger partial charge >= 0.3 is 6.18 Å². The first-order chi connectivity index (χ1) is 15.9. The molecule has 0 amide bonds. The Labute approximate surface area is 206 Å². The number of benzene rings is 3. The highest BCUT2D eigenvalue weighted by molar-refractivity contribution is 9.10. The highest BCUT2D eigenvalue weighted by Gasteiger charge is 2.42. The number of anilines is 1. The van der Waals surface area contributed by atoms with Crippen LogP contribution in [0.15, 0.2) is 46.0 Å². The van der Waals surface area contributed by atoms with Crippen LogP contribution in [0.2, 0.25) is 10.0 Å². The summed E-state index contributed by atoms with van der Waals surface area (Å²) in [6.07, 6.45) is -4.66. The summed E-state index contributed by atoms with van der Waals surface area (Å²) >= 11 is 15.2. The van der Waals surface area contributed by atoms with Crippen molar-refractivity contribution in [2.75, 3.05) is 5.43 Å². The molecule has 0 heterocycles. The van der Waals surface area contributed by atoms with Gasteiger partial charge in [0.2, 0.25) is 0 Å². The maximum Gasteiger partial charge on any atom is 0.422 e. The lowest BCUT2D eigenvalue weighted by atomic mass is 10.1. The molecule has 3 aromatic rings. The molecule has 0 saturated carbocycles. The highest BCUT2D eigenvalue weighted by Crippen LogP contribution is 2.38. The van der Waals surface area contributed by atoms with Crippen LogP contribution in [-0.2, 0) is 12.8 Å². The van der Waals surface area contributed by atoms with Gasteiger partial charge in [0.1, 0.15) is 23.6 Å². The average Bonchev–Trinajstić information content (AvgIpc) is 2.74. The number of hydrogen-bond acceptors (Lipinski definition) is 3. The zero-order valence-electron chi connectivity index (χ0n) is 16.4. The molecule has 0 fully saturated rings. The molecule has 0 radical (unpaired) electrons. The van der Waals surface area contributed by atoms with Crippen molar-refractivity contribution in [2.24, 2.45) is 5.10 Å². The van der Waals surface area contributed by atoms with Crippen LogP contribution in [0.5, 0.6) is 5.75 Å². The van der Waals surface area contributed by atoms with Crippen LogP contribution in [-0.4, -0.2) is 6.21 Å². The maximum absolute atomic E-state index is 14.0. The molecule has 0 aliphatic heterocycles. The Bertz CT molecular complexity index is 1240. The van der Waals surface area contributed by atoms with E-state index in [1.54, 1.807) is 23.6 Å². The van der Waals surface area contributed by atoms with Crippen LogP contribution in [0, 0.1) is 23.3 Å². The van der Waals surface area contributed by atoms with Gasteiger partial charge in [0.05, 0.1) is 6.21 Å². The van der Waals surface area contributed by atoms with Crippen LogP contribution < -0.4 is 10.2 Å². The predicted octanol–water partition coefficient (Wildman–Crippen LogP) is 8.36. The van der Waals surface area contributed by atoms with E-state index in [-0.39, 0.29) is 17.9 Å². The van der Waals surface area contributed by atoms with Crippen molar-refractivity contribution < 1.29 is 35.5 Å². The second-order valence-corrected chi connectivity index (χ2v) is 8.34. The third kappa shape index (κ3) is 5.76. The molecule has 0 spiro atoms. The lowest BCUT2D eigenvalue weighted by Gasteiger charge is -2.13. The molecule has 3 rings (SSSR count). The summed E-state index contributed by atoms with van der Waals surface area (Å²) in [6, 6.07) is 9.38. The third-order valence-electron chi connectivity index (χ3n) is 4.30. The molecule has 13 heteroatoms. The Kier molecular flexibility index (Phi) is 7.99. The lowest BCUT2D eigenvalue weighted by molar-refractivity contribution is -0.143. The van der Waals surface area contributed by atoms with E-state index < -0.39 is 40.7 Å². The molecular weight excluding hydrogens is 580 g/mol. The number of halogens is 10. The van der Waals surface area contributed by atoms with Gasteiger partial charge in [-0.05, 0) is 30.3 Å². The van der Waals surface area contributed by atoms with Crippen LogP contribution in [0.4, 0.5) is 36.4 Å². The molecule has 0 aliphatic carbocycles. The number of nitrogens with one attached hydrogen (secondary N) is 1. The molecule has 0 aliphatic rings. The zero-order chi connectivity index (χ0) is 25.2. The van der Waals surface area contributed by atoms with E-state index in [0.29, 0.717) is 20.1 Å². The second-order valence-electron chi connectivity index (χ2n) is 6.58. The number of rotatable bonds is 6. The van der Waals surface area contributed by atoms with Gasteiger partial charge in [-0.25, -0.2) is 17.6 Å². The average molecular weight is 590 g/mol. The van der Waals surface area contributed by atoms with E-state index in [1.807, 2.05) is 0 Å². The molecule has 0 bridgehead atoms. The second kappa shape index (κ2) is 10.4. The molecule has 0 aromatic heterocycles. The molecule has 0 atom stereocenters. The highest BCUT2D eigenvalue weighted by atomic mass is 79.9. The van der Waals surface area contributed by atoms with Gasteiger partial charge in [-0.1, -0.05) is 45.2 Å². The number of hydrogen-bond donors (Lipinski definition) is 1. The minimum Gasteiger partial charge on any atom is -0.488 e. The summed E-state index contributed by atoms with van der Waals surface area (Å²) in [5, 5.41) is 4.25. The van der Waals surface area contributed by atoms with Gasteiger partial charge in [0.15, 0.2) is 23.3 Å². The first kappa shape index (κ1) is 26.1. The van der Waals surface area contributed by atoms with E-state index in [2.05, 4.69) is 21.0 Å². The molecule has 1 N–H and O–H groups in total. The normalized spacial score (nSPS) is 11.8. The van der Waals surface area contributed by atoms with Crippen molar-refractivity contribution in [1.29, 1.82) is 0 Å². The Morgan fingerprint density at radius 3 is 2.18 bits per heavy atom. The molecule has 180 valence electrons. The molecule has 0 unspecified atom stereocenters. The van der Waals surface area contributed by atoms with Crippen LogP contribution in [0.3, 0.4) is 0 Å². The lowest BCUT2D eigenvalue weighted by Crippen LogP contribution is -2.16. The fourth-order valence-electron chi connectivity index (χ4n) is 2.69. The smallest absolute Gasteiger partial charge is 0.422 e. The van der Waals surface area contributed by atoms with E-state index in [9.17, 15) is 30.7 Å². The molecule has 3 nitrogen and oxygen atoms in total. The van der Waals surface area contributed by atoms with Crippen molar-refractivity contribution in [2.45, 2.75) is 12.8 Å². The quantitative estimate of drug-likeness (QED) is 0.136. The SMILES string of the molecule is Fc1c(F)c(C(F)(F)F)c(F)c(F)c1N/N=C\c1cc(Br)ccc1OCc1ccc(Cl)cc1Cl. The van der Waals surface area contributed by atoms with E-state index in [0.717, 1.165) is 6.21 Å². The van der Waals surface area contributed by atoms with E-state index in [4.69, 9.17) is 27.9 Å². The number of hydrazone groups is 1. The maximum atomic E-state index is 14.0. The van der Waals surface area contributed by atoms with E-state index >= 15 is 0 Å². The summed E-state index contributed by atoms with van der Waals surface area (Å²) < 4.78 is 99.8. The summed E-state index contributed by atoms with van der Waals surface area (Å²) in [5.74, 6) is -9.55. The monoisotopic (exact) mass is 588 g/mol.